The Bertz CT molecular complexity index is 1220. The van der Waals surface area contributed by atoms with Gasteiger partial charge in [0.2, 0.25) is 11.9 Å². The van der Waals surface area contributed by atoms with Crippen molar-refractivity contribution in [1.82, 2.24) is 29.5 Å². The molecular formula is C20H17N7O2S. The van der Waals surface area contributed by atoms with Crippen LogP contribution in [0.5, 0.6) is 0 Å². The van der Waals surface area contributed by atoms with E-state index < -0.39 is 0 Å². The van der Waals surface area contributed by atoms with Gasteiger partial charge in [-0.15, -0.1) is 0 Å². The van der Waals surface area contributed by atoms with Gasteiger partial charge in [0, 0.05) is 31.3 Å². The maximum atomic E-state index is 13.0. The highest BCUT2D eigenvalue weighted by atomic mass is 32.2. The molecule has 0 saturated heterocycles. The molecule has 0 saturated carbocycles. The van der Waals surface area contributed by atoms with E-state index in [9.17, 15) is 9.59 Å². The van der Waals surface area contributed by atoms with Crippen molar-refractivity contribution in [2.45, 2.75) is 18.1 Å². The fraction of sp³-hybridized carbons (Fsp3) is 0.150. The average Bonchev–Trinajstić information content (AvgIpc) is 2.78. The molecule has 4 aromatic rings. The number of benzene rings is 1. The summed E-state index contributed by atoms with van der Waals surface area (Å²) in [5.41, 5.74) is 1.28. The van der Waals surface area contributed by atoms with Gasteiger partial charge in [-0.25, -0.2) is 24.9 Å². The third kappa shape index (κ3) is 4.66. The Morgan fingerprint density at radius 3 is 2.53 bits per heavy atom. The zero-order chi connectivity index (χ0) is 20.8. The van der Waals surface area contributed by atoms with Gasteiger partial charge in [-0.05, 0) is 18.1 Å². The summed E-state index contributed by atoms with van der Waals surface area (Å²) in [7, 11) is 0. The van der Waals surface area contributed by atoms with E-state index in [1.807, 2.05) is 30.3 Å². The molecule has 0 radical (unpaired) electrons. The smallest absolute Gasteiger partial charge is 0.282 e. The van der Waals surface area contributed by atoms with Crippen LogP contribution in [-0.4, -0.2) is 41.1 Å². The van der Waals surface area contributed by atoms with Gasteiger partial charge in [-0.1, -0.05) is 42.1 Å². The van der Waals surface area contributed by atoms with Crippen LogP contribution in [0.2, 0.25) is 0 Å². The molecule has 0 bridgehead atoms. The molecule has 0 aliphatic rings. The maximum Gasteiger partial charge on any atom is 0.282 e. The summed E-state index contributed by atoms with van der Waals surface area (Å²) in [4.78, 5) is 45.9. The van der Waals surface area contributed by atoms with E-state index in [0.29, 0.717) is 18.1 Å². The van der Waals surface area contributed by atoms with E-state index in [4.69, 9.17) is 0 Å². The lowest BCUT2D eigenvalue weighted by molar-refractivity contribution is -0.113. The first kappa shape index (κ1) is 19.6. The van der Waals surface area contributed by atoms with Crippen molar-refractivity contribution < 1.29 is 4.79 Å². The zero-order valence-corrected chi connectivity index (χ0v) is 16.6. The number of amides is 1. The molecule has 0 aliphatic carbocycles. The molecule has 0 atom stereocenters. The van der Waals surface area contributed by atoms with E-state index in [-0.39, 0.29) is 34.3 Å². The Hall–Kier alpha value is -3.66. The van der Waals surface area contributed by atoms with Crippen LogP contribution < -0.4 is 10.9 Å². The number of anilines is 1. The fourth-order valence-corrected chi connectivity index (χ4v) is 3.59. The number of hydrogen-bond acceptors (Lipinski definition) is 8. The lowest BCUT2D eigenvalue weighted by Crippen LogP contribution is -2.26. The van der Waals surface area contributed by atoms with Gasteiger partial charge in [0.05, 0.1) is 5.75 Å². The highest BCUT2D eigenvalue weighted by Gasteiger charge is 2.15. The van der Waals surface area contributed by atoms with Crippen molar-refractivity contribution in [3.05, 3.63) is 77.1 Å². The van der Waals surface area contributed by atoms with E-state index in [0.717, 1.165) is 17.3 Å². The van der Waals surface area contributed by atoms with Crippen LogP contribution in [0.4, 0.5) is 5.95 Å². The standard InChI is InChI=1S/C20H17N7O2S/c28-15(25-19-23-8-4-9-24-19)13-30-20-26-17-16(21-10-11-22-17)18(29)27(20)12-7-14-5-2-1-3-6-14/h1-6,8-11H,7,12-13H2,(H,23,24,25,28). The van der Waals surface area contributed by atoms with Crippen LogP contribution in [0.3, 0.4) is 0 Å². The van der Waals surface area contributed by atoms with E-state index in [1.54, 1.807) is 23.0 Å². The molecule has 0 spiro atoms. The number of aromatic nitrogens is 6. The largest absolute Gasteiger partial charge is 0.294 e. The molecule has 9 nitrogen and oxygen atoms in total. The molecule has 0 aliphatic heterocycles. The van der Waals surface area contributed by atoms with Crippen molar-refractivity contribution in [3.63, 3.8) is 0 Å². The predicted octanol–water partition coefficient (Wildman–Crippen LogP) is 1.95. The number of fused-ring (bicyclic) bond motifs is 1. The van der Waals surface area contributed by atoms with Crippen LogP contribution in [0.1, 0.15) is 5.56 Å². The number of carbonyl (C=O) groups is 1. The van der Waals surface area contributed by atoms with Crippen LogP contribution >= 0.6 is 11.8 Å². The van der Waals surface area contributed by atoms with Gasteiger partial charge < -0.3 is 0 Å². The first-order chi connectivity index (χ1) is 14.7. The quantitative estimate of drug-likeness (QED) is 0.357. The molecule has 1 N–H and O–H groups in total. The predicted molar refractivity (Wildman–Crippen MR) is 113 cm³/mol. The van der Waals surface area contributed by atoms with Crippen LogP contribution in [0.25, 0.3) is 11.2 Å². The fourth-order valence-electron chi connectivity index (χ4n) is 2.78. The summed E-state index contributed by atoms with van der Waals surface area (Å²) in [6.45, 7) is 0.411. The third-order valence-electron chi connectivity index (χ3n) is 4.18. The molecule has 1 amide bonds. The minimum Gasteiger partial charge on any atom is -0.294 e. The van der Waals surface area contributed by atoms with Crippen molar-refractivity contribution in [1.29, 1.82) is 0 Å². The van der Waals surface area contributed by atoms with Gasteiger partial charge in [-0.3, -0.25) is 19.5 Å². The van der Waals surface area contributed by atoms with Gasteiger partial charge in [0.1, 0.15) is 0 Å². The summed E-state index contributed by atoms with van der Waals surface area (Å²) < 4.78 is 1.54. The summed E-state index contributed by atoms with van der Waals surface area (Å²) in [6, 6.07) is 11.5. The minimum absolute atomic E-state index is 0.0435. The summed E-state index contributed by atoms with van der Waals surface area (Å²) in [5.74, 6) is -0.0295. The van der Waals surface area contributed by atoms with Crippen molar-refractivity contribution in [2.24, 2.45) is 0 Å². The number of thioether (sulfide) groups is 1. The summed E-state index contributed by atoms with van der Waals surface area (Å²) in [5, 5.41) is 3.03. The lowest BCUT2D eigenvalue weighted by Gasteiger charge is -2.12. The Morgan fingerprint density at radius 1 is 0.967 bits per heavy atom. The molecule has 10 heteroatoms. The lowest BCUT2D eigenvalue weighted by atomic mass is 10.1. The first-order valence-electron chi connectivity index (χ1n) is 9.16. The van der Waals surface area contributed by atoms with Gasteiger partial charge in [-0.2, -0.15) is 0 Å². The Balaban J connectivity index is 1.57. The SMILES string of the molecule is O=C(CSc1nc2nccnc2c(=O)n1CCc1ccccc1)Nc1ncccn1. The second-order valence-corrected chi connectivity index (χ2v) is 7.17. The second kappa shape index (κ2) is 9.23. The number of rotatable bonds is 7. The van der Waals surface area contributed by atoms with Gasteiger partial charge >= 0.3 is 0 Å². The number of aryl methyl sites for hydroxylation is 1. The van der Waals surface area contributed by atoms with Crippen LogP contribution in [-0.2, 0) is 17.8 Å². The molecule has 4 rings (SSSR count). The number of nitrogens with zero attached hydrogens (tertiary/aromatic N) is 6. The first-order valence-corrected chi connectivity index (χ1v) is 10.1. The molecule has 150 valence electrons. The topological polar surface area (TPSA) is 116 Å². The highest BCUT2D eigenvalue weighted by molar-refractivity contribution is 7.99. The van der Waals surface area contributed by atoms with E-state index >= 15 is 0 Å². The van der Waals surface area contributed by atoms with E-state index in [2.05, 4.69) is 30.2 Å². The minimum atomic E-state index is -0.297. The number of hydrogen-bond donors (Lipinski definition) is 1. The highest BCUT2D eigenvalue weighted by Crippen LogP contribution is 2.17. The Labute approximate surface area is 175 Å². The molecule has 3 aromatic heterocycles. The van der Waals surface area contributed by atoms with Crippen molar-refractivity contribution in [3.8, 4) is 0 Å². The normalized spacial score (nSPS) is 10.8. The summed E-state index contributed by atoms with van der Waals surface area (Å²) in [6.07, 6.45) is 6.68. The number of carbonyl (C=O) groups excluding carboxylic acids is 1. The number of nitrogens with one attached hydrogen (secondary N) is 1. The molecule has 30 heavy (non-hydrogen) atoms. The van der Waals surface area contributed by atoms with Crippen molar-refractivity contribution in [2.75, 3.05) is 11.1 Å². The molecular weight excluding hydrogens is 402 g/mol. The van der Waals surface area contributed by atoms with Crippen LogP contribution in [0.15, 0.2) is 71.1 Å². The van der Waals surface area contributed by atoms with Crippen LogP contribution in [0, 0.1) is 0 Å². The zero-order valence-electron chi connectivity index (χ0n) is 15.8. The molecule has 1 aromatic carbocycles. The van der Waals surface area contributed by atoms with Gasteiger partial charge in [0.25, 0.3) is 5.56 Å². The maximum absolute atomic E-state index is 13.0. The van der Waals surface area contributed by atoms with Crippen molar-refractivity contribution >= 4 is 34.8 Å². The second-order valence-electron chi connectivity index (χ2n) is 6.22. The molecule has 0 fully saturated rings. The van der Waals surface area contributed by atoms with E-state index in [1.165, 1.54) is 12.4 Å². The molecule has 3 heterocycles. The molecule has 0 unspecified atom stereocenters. The van der Waals surface area contributed by atoms with Gasteiger partial charge in [0.15, 0.2) is 16.3 Å². The Morgan fingerprint density at radius 2 is 1.73 bits per heavy atom. The Kier molecular flexibility index (Phi) is 6.04. The monoisotopic (exact) mass is 419 g/mol. The third-order valence-corrected chi connectivity index (χ3v) is 5.15. The average molecular weight is 419 g/mol. The summed E-state index contributed by atoms with van der Waals surface area (Å²) >= 11 is 1.16.